The molecule has 0 aliphatic carbocycles. The molecule has 1 aromatic heterocycles. The van der Waals surface area contributed by atoms with Crippen LogP contribution in [0.15, 0.2) is 48.7 Å². The summed E-state index contributed by atoms with van der Waals surface area (Å²) in [5.41, 5.74) is 5.40. The van der Waals surface area contributed by atoms with Gasteiger partial charge in [-0.05, 0) is 6.07 Å². The SMILES string of the molecule is NC(=O)C(Cl)(Nc1ncccc1[N+](=O)[O-])c1ccccc1. The molecule has 7 nitrogen and oxygen atoms in total. The van der Waals surface area contributed by atoms with Crippen molar-refractivity contribution in [3.05, 3.63) is 64.3 Å². The number of carbonyl (C=O) groups is 1. The van der Waals surface area contributed by atoms with Gasteiger partial charge in [-0.1, -0.05) is 41.9 Å². The predicted octanol–water partition coefficient (Wildman–Crippen LogP) is 1.98. The van der Waals surface area contributed by atoms with Crippen LogP contribution < -0.4 is 11.1 Å². The van der Waals surface area contributed by atoms with Crippen LogP contribution in [-0.4, -0.2) is 15.8 Å². The number of hydrogen-bond acceptors (Lipinski definition) is 5. The summed E-state index contributed by atoms with van der Waals surface area (Å²) in [7, 11) is 0. The first-order chi connectivity index (χ1) is 9.95. The van der Waals surface area contributed by atoms with E-state index in [1.807, 2.05) is 0 Å². The van der Waals surface area contributed by atoms with Gasteiger partial charge in [0.05, 0.1) is 4.92 Å². The number of anilines is 1. The first kappa shape index (κ1) is 14.7. The van der Waals surface area contributed by atoms with Crippen LogP contribution in [0.1, 0.15) is 5.56 Å². The van der Waals surface area contributed by atoms with E-state index < -0.39 is 15.8 Å². The number of nitro groups is 1. The number of nitrogens with zero attached hydrogens (tertiary/aromatic N) is 2. The molecule has 0 radical (unpaired) electrons. The summed E-state index contributed by atoms with van der Waals surface area (Å²) < 4.78 is 0. The van der Waals surface area contributed by atoms with Gasteiger partial charge in [-0.3, -0.25) is 14.9 Å². The molecule has 2 rings (SSSR count). The fraction of sp³-hybridized carbons (Fsp3) is 0.0769. The highest BCUT2D eigenvalue weighted by atomic mass is 35.5. The van der Waals surface area contributed by atoms with Crippen molar-refractivity contribution in [2.45, 2.75) is 5.00 Å². The number of carbonyl (C=O) groups excluding carboxylic acids is 1. The minimum Gasteiger partial charge on any atom is -0.366 e. The lowest BCUT2D eigenvalue weighted by Crippen LogP contribution is -2.43. The molecule has 1 atom stereocenters. The van der Waals surface area contributed by atoms with Crippen LogP contribution in [0.3, 0.4) is 0 Å². The van der Waals surface area contributed by atoms with Crippen molar-refractivity contribution in [1.82, 2.24) is 4.98 Å². The minimum atomic E-state index is -1.83. The van der Waals surface area contributed by atoms with Gasteiger partial charge in [-0.15, -0.1) is 0 Å². The first-order valence-electron chi connectivity index (χ1n) is 5.87. The molecule has 0 aliphatic rings. The number of halogens is 1. The van der Waals surface area contributed by atoms with Gasteiger partial charge in [0.25, 0.3) is 5.91 Å². The van der Waals surface area contributed by atoms with Crippen molar-refractivity contribution in [3.63, 3.8) is 0 Å². The second-order valence-electron chi connectivity index (χ2n) is 4.14. The van der Waals surface area contributed by atoms with Crippen LogP contribution >= 0.6 is 11.6 Å². The van der Waals surface area contributed by atoms with Gasteiger partial charge >= 0.3 is 5.69 Å². The Labute approximate surface area is 124 Å². The van der Waals surface area contributed by atoms with Crippen molar-refractivity contribution in [2.75, 3.05) is 5.32 Å². The van der Waals surface area contributed by atoms with E-state index in [0.717, 1.165) is 0 Å². The second kappa shape index (κ2) is 5.76. The van der Waals surface area contributed by atoms with Gasteiger partial charge < -0.3 is 11.1 Å². The van der Waals surface area contributed by atoms with Gasteiger partial charge in [-0.2, -0.15) is 0 Å². The third-order valence-electron chi connectivity index (χ3n) is 2.78. The predicted molar refractivity (Wildman–Crippen MR) is 77.7 cm³/mol. The summed E-state index contributed by atoms with van der Waals surface area (Å²) in [4.78, 5) is 24.1. The highest BCUT2D eigenvalue weighted by molar-refractivity contribution is 6.35. The summed E-state index contributed by atoms with van der Waals surface area (Å²) in [6, 6.07) is 10.9. The number of amides is 1. The van der Waals surface area contributed by atoms with Crippen LogP contribution in [-0.2, 0) is 9.79 Å². The van der Waals surface area contributed by atoms with E-state index in [1.165, 1.54) is 18.3 Å². The summed E-state index contributed by atoms with van der Waals surface area (Å²) in [5.74, 6) is -1.03. The van der Waals surface area contributed by atoms with Gasteiger partial charge in [0, 0.05) is 17.8 Å². The molecule has 0 fully saturated rings. The average molecular weight is 307 g/mol. The number of alkyl halides is 1. The van der Waals surface area contributed by atoms with Crippen molar-refractivity contribution < 1.29 is 9.72 Å². The van der Waals surface area contributed by atoms with Crippen molar-refractivity contribution in [2.24, 2.45) is 5.73 Å². The van der Waals surface area contributed by atoms with E-state index in [2.05, 4.69) is 10.3 Å². The van der Waals surface area contributed by atoms with E-state index in [4.69, 9.17) is 17.3 Å². The summed E-state index contributed by atoms with van der Waals surface area (Å²) >= 11 is 6.26. The quantitative estimate of drug-likeness (QED) is 0.380. The Morgan fingerprint density at radius 3 is 2.52 bits per heavy atom. The van der Waals surface area contributed by atoms with Gasteiger partial charge in [0.1, 0.15) is 0 Å². The Bertz CT molecular complexity index is 680. The molecule has 1 aromatic carbocycles. The van der Waals surface area contributed by atoms with Crippen LogP contribution in [0.2, 0.25) is 0 Å². The van der Waals surface area contributed by atoms with Crippen LogP contribution in [0.4, 0.5) is 11.5 Å². The van der Waals surface area contributed by atoms with Crippen LogP contribution in [0, 0.1) is 10.1 Å². The molecule has 2 aromatic rings. The molecule has 0 aliphatic heterocycles. The zero-order chi connectivity index (χ0) is 15.5. The number of benzene rings is 1. The Kier molecular flexibility index (Phi) is 4.04. The minimum absolute atomic E-state index is 0.139. The molecule has 1 amide bonds. The third kappa shape index (κ3) is 2.92. The average Bonchev–Trinajstić information content (AvgIpc) is 2.48. The van der Waals surface area contributed by atoms with Crippen molar-refractivity contribution in [1.29, 1.82) is 0 Å². The molecule has 0 bridgehead atoms. The normalized spacial score (nSPS) is 13.2. The molecular formula is C13H11ClN4O3. The third-order valence-corrected chi connectivity index (χ3v) is 3.28. The Hall–Kier alpha value is -2.67. The van der Waals surface area contributed by atoms with Crippen molar-refractivity contribution >= 4 is 29.0 Å². The Morgan fingerprint density at radius 1 is 1.29 bits per heavy atom. The highest BCUT2D eigenvalue weighted by Crippen LogP contribution is 2.33. The Morgan fingerprint density at radius 2 is 1.95 bits per heavy atom. The zero-order valence-electron chi connectivity index (χ0n) is 10.7. The molecule has 0 saturated heterocycles. The molecule has 8 heteroatoms. The lowest BCUT2D eigenvalue weighted by Gasteiger charge is -2.25. The molecule has 0 saturated carbocycles. The molecule has 3 N–H and O–H groups in total. The number of nitrogens with two attached hydrogens (primary N) is 1. The van der Waals surface area contributed by atoms with Crippen molar-refractivity contribution in [3.8, 4) is 0 Å². The van der Waals surface area contributed by atoms with Crippen LogP contribution in [0.25, 0.3) is 0 Å². The topological polar surface area (TPSA) is 111 Å². The monoisotopic (exact) mass is 306 g/mol. The summed E-state index contributed by atoms with van der Waals surface area (Å²) in [5, 5.41) is 13.5. The standard InChI is InChI=1S/C13H11ClN4O3/c14-13(12(15)19,9-5-2-1-3-6-9)17-11-10(18(20)21)7-4-8-16-11/h1-8H,(H2,15,19)(H,16,17). The molecule has 0 spiro atoms. The summed E-state index contributed by atoms with van der Waals surface area (Å²) in [6.45, 7) is 0. The van der Waals surface area contributed by atoms with E-state index >= 15 is 0 Å². The maximum atomic E-state index is 11.7. The number of pyridine rings is 1. The number of nitrogens with one attached hydrogen (secondary N) is 1. The second-order valence-corrected chi connectivity index (χ2v) is 4.71. The smallest absolute Gasteiger partial charge is 0.311 e. The van der Waals surface area contributed by atoms with E-state index in [-0.39, 0.29) is 11.5 Å². The maximum absolute atomic E-state index is 11.7. The molecular weight excluding hydrogens is 296 g/mol. The van der Waals surface area contributed by atoms with E-state index in [9.17, 15) is 14.9 Å². The number of rotatable bonds is 5. The van der Waals surface area contributed by atoms with Crippen LogP contribution in [0.5, 0.6) is 0 Å². The van der Waals surface area contributed by atoms with E-state index in [1.54, 1.807) is 30.3 Å². The fourth-order valence-electron chi connectivity index (χ4n) is 1.75. The zero-order valence-corrected chi connectivity index (χ0v) is 11.4. The fourth-order valence-corrected chi connectivity index (χ4v) is 1.96. The van der Waals surface area contributed by atoms with E-state index in [0.29, 0.717) is 5.56 Å². The largest absolute Gasteiger partial charge is 0.366 e. The molecule has 1 heterocycles. The van der Waals surface area contributed by atoms with Gasteiger partial charge in [-0.25, -0.2) is 4.98 Å². The first-order valence-corrected chi connectivity index (χ1v) is 6.25. The summed E-state index contributed by atoms with van der Waals surface area (Å²) in [6.07, 6.45) is 1.35. The Balaban J connectivity index is 2.48. The number of primary amides is 1. The highest BCUT2D eigenvalue weighted by Gasteiger charge is 2.38. The molecule has 108 valence electrons. The van der Waals surface area contributed by atoms with Gasteiger partial charge in [0.15, 0.2) is 0 Å². The number of aromatic nitrogens is 1. The molecule has 1 unspecified atom stereocenters. The lowest BCUT2D eigenvalue weighted by molar-refractivity contribution is -0.384. The maximum Gasteiger partial charge on any atom is 0.311 e. The van der Waals surface area contributed by atoms with Gasteiger partial charge in [0.2, 0.25) is 10.8 Å². The lowest BCUT2D eigenvalue weighted by atomic mass is 10.1. The molecule has 21 heavy (non-hydrogen) atoms. The number of hydrogen-bond donors (Lipinski definition) is 2.